The molecule has 0 aliphatic rings. The van der Waals surface area contributed by atoms with Gasteiger partial charge < -0.3 is 13.9 Å². The zero-order chi connectivity index (χ0) is 17.8. The van der Waals surface area contributed by atoms with Crippen molar-refractivity contribution in [3.05, 3.63) is 64.5 Å². The van der Waals surface area contributed by atoms with Crippen molar-refractivity contribution >= 4 is 16.9 Å². The summed E-state index contributed by atoms with van der Waals surface area (Å²) in [5.41, 5.74) is 1.26. The van der Waals surface area contributed by atoms with Crippen LogP contribution in [-0.2, 0) is 11.2 Å². The molecule has 0 N–H and O–H groups in total. The maximum Gasteiger partial charge on any atom is 0.308 e. The second-order valence-electron chi connectivity index (χ2n) is 5.68. The molecule has 0 radical (unpaired) electrons. The van der Waals surface area contributed by atoms with Crippen molar-refractivity contribution in [2.45, 2.75) is 26.7 Å². The number of ether oxygens (including phenoxy) is 2. The van der Waals surface area contributed by atoms with Gasteiger partial charge in [0.05, 0.1) is 5.39 Å². The van der Waals surface area contributed by atoms with Crippen molar-refractivity contribution in [2.75, 3.05) is 0 Å². The Hall–Kier alpha value is -3.08. The Morgan fingerprint density at radius 1 is 1.08 bits per heavy atom. The van der Waals surface area contributed by atoms with Crippen molar-refractivity contribution in [2.24, 2.45) is 0 Å². The molecule has 0 fully saturated rings. The Morgan fingerprint density at radius 3 is 2.48 bits per heavy atom. The van der Waals surface area contributed by atoms with Gasteiger partial charge in [0.2, 0.25) is 11.2 Å². The number of fused-ring (bicyclic) bond motifs is 1. The predicted molar refractivity (Wildman–Crippen MR) is 94.3 cm³/mol. The molecule has 0 bridgehead atoms. The van der Waals surface area contributed by atoms with Crippen molar-refractivity contribution in [3.63, 3.8) is 0 Å². The molecule has 0 aliphatic heterocycles. The van der Waals surface area contributed by atoms with Crippen LogP contribution in [0.15, 0.2) is 57.9 Å². The van der Waals surface area contributed by atoms with Crippen LogP contribution in [0.2, 0.25) is 0 Å². The smallest absolute Gasteiger partial charge is 0.308 e. The van der Waals surface area contributed by atoms with Gasteiger partial charge in [-0.1, -0.05) is 25.5 Å². The van der Waals surface area contributed by atoms with Crippen LogP contribution in [0.25, 0.3) is 11.0 Å². The first-order valence-corrected chi connectivity index (χ1v) is 8.07. The molecule has 2 aromatic carbocycles. The fraction of sp³-hybridized carbons (Fsp3) is 0.200. The normalized spacial score (nSPS) is 10.6. The Balaban J connectivity index is 1.88. The molecule has 0 aliphatic carbocycles. The number of carbonyl (C=O) groups excluding carboxylic acids is 1. The van der Waals surface area contributed by atoms with Crippen molar-refractivity contribution in [1.82, 2.24) is 0 Å². The minimum absolute atomic E-state index is 0.107. The average molecular weight is 338 g/mol. The zero-order valence-electron chi connectivity index (χ0n) is 14.1. The topological polar surface area (TPSA) is 65.7 Å². The first kappa shape index (κ1) is 16.8. The highest BCUT2D eigenvalue weighted by Crippen LogP contribution is 2.24. The fourth-order valence-corrected chi connectivity index (χ4v) is 2.53. The van der Waals surface area contributed by atoms with Crippen LogP contribution in [0.3, 0.4) is 0 Å². The first-order valence-electron chi connectivity index (χ1n) is 8.07. The quantitative estimate of drug-likeness (QED) is 0.507. The van der Waals surface area contributed by atoms with E-state index in [1.54, 1.807) is 12.1 Å². The molecular weight excluding hydrogens is 320 g/mol. The fourth-order valence-electron chi connectivity index (χ4n) is 2.53. The summed E-state index contributed by atoms with van der Waals surface area (Å²) < 4.78 is 16.1. The molecule has 3 rings (SSSR count). The highest BCUT2D eigenvalue weighted by Gasteiger charge is 2.11. The summed E-state index contributed by atoms with van der Waals surface area (Å²) in [5, 5.41) is 0.357. The number of carbonyl (C=O) groups is 1. The molecule has 0 unspecified atom stereocenters. The van der Waals surface area contributed by atoms with Crippen LogP contribution >= 0.6 is 0 Å². The summed E-state index contributed by atoms with van der Waals surface area (Å²) in [7, 11) is 0. The van der Waals surface area contributed by atoms with Gasteiger partial charge in [-0.25, -0.2) is 0 Å². The molecule has 0 amide bonds. The van der Waals surface area contributed by atoms with Gasteiger partial charge in [0.15, 0.2) is 0 Å². The second-order valence-corrected chi connectivity index (χ2v) is 5.68. The summed E-state index contributed by atoms with van der Waals surface area (Å²) in [6.45, 7) is 3.43. The van der Waals surface area contributed by atoms with Gasteiger partial charge in [-0.3, -0.25) is 9.59 Å². The summed E-state index contributed by atoms with van der Waals surface area (Å²) in [5.74, 6) is 0.565. The average Bonchev–Trinajstić information content (AvgIpc) is 2.59. The van der Waals surface area contributed by atoms with Gasteiger partial charge in [0, 0.05) is 13.0 Å². The third-order valence-electron chi connectivity index (χ3n) is 3.67. The SMILES string of the molecule is CCCc1ccc(Oc2coc3cc(OC(C)=O)ccc3c2=O)cc1. The monoisotopic (exact) mass is 338 g/mol. The molecule has 0 atom stereocenters. The third kappa shape index (κ3) is 3.88. The molecule has 3 aromatic rings. The van der Waals surface area contributed by atoms with Crippen LogP contribution in [0.5, 0.6) is 17.2 Å². The van der Waals surface area contributed by atoms with Crippen LogP contribution in [-0.4, -0.2) is 5.97 Å². The molecule has 1 aromatic heterocycles. The van der Waals surface area contributed by atoms with Crippen LogP contribution in [0.4, 0.5) is 0 Å². The van der Waals surface area contributed by atoms with Gasteiger partial charge in [-0.05, 0) is 36.2 Å². The van der Waals surface area contributed by atoms with E-state index >= 15 is 0 Å². The van der Waals surface area contributed by atoms with Gasteiger partial charge in [-0.15, -0.1) is 0 Å². The molecular formula is C20H18O5. The number of hydrogen-bond acceptors (Lipinski definition) is 5. The molecule has 25 heavy (non-hydrogen) atoms. The molecule has 128 valence electrons. The molecule has 5 nitrogen and oxygen atoms in total. The lowest BCUT2D eigenvalue weighted by atomic mass is 10.1. The number of benzene rings is 2. The minimum atomic E-state index is -0.437. The molecule has 0 saturated carbocycles. The second kappa shape index (κ2) is 7.21. The Morgan fingerprint density at radius 2 is 1.80 bits per heavy atom. The number of aryl methyl sites for hydroxylation is 1. The summed E-state index contributed by atoms with van der Waals surface area (Å²) in [4.78, 5) is 23.5. The standard InChI is InChI=1S/C20H18O5/c1-3-4-14-5-7-15(8-6-14)25-19-12-23-18-11-16(24-13(2)21)9-10-17(18)20(19)22/h5-12H,3-4H2,1-2H3. The van der Waals surface area contributed by atoms with E-state index in [4.69, 9.17) is 13.9 Å². The van der Waals surface area contributed by atoms with E-state index in [0.29, 0.717) is 22.5 Å². The van der Waals surface area contributed by atoms with Gasteiger partial charge in [0.1, 0.15) is 23.3 Å². The highest BCUT2D eigenvalue weighted by molar-refractivity contribution is 5.80. The van der Waals surface area contributed by atoms with E-state index < -0.39 is 5.97 Å². The largest absolute Gasteiger partial charge is 0.460 e. The summed E-state index contributed by atoms with van der Waals surface area (Å²) in [6, 6.07) is 12.2. The van der Waals surface area contributed by atoms with E-state index in [1.165, 1.54) is 24.8 Å². The van der Waals surface area contributed by atoms with E-state index in [-0.39, 0.29) is 11.2 Å². The highest BCUT2D eigenvalue weighted by atomic mass is 16.5. The summed E-state index contributed by atoms with van der Waals surface area (Å²) in [6.07, 6.45) is 3.34. The lowest BCUT2D eigenvalue weighted by molar-refractivity contribution is -0.131. The number of rotatable bonds is 5. The molecule has 0 spiro atoms. The van der Waals surface area contributed by atoms with Gasteiger partial charge >= 0.3 is 5.97 Å². The van der Waals surface area contributed by atoms with E-state index in [1.807, 2.05) is 24.3 Å². The van der Waals surface area contributed by atoms with Gasteiger partial charge in [-0.2, -0.15) is 0 Å². The summed E-state index contributed by atoms with van der Waals surface area (Å²) >= 11 is 0. The number of hydrogen-bond donors (Lipinski definition) is 0. The van der Waals surface area contributed by atoms with E-state index in [2.05, 4.69) is 6.92 Å². The molecule has 5 heteroatoms. The Kier molecular flexibility index (Phi) is 4.84. The zero-order valence-corrected chi connectivity index (χ0v) is 14.1. The third-order valence-corrected chi connectivity index (χ3v) is 3.67. The Labute approximate surface area is 144 Å². The lowest BCUT2D eigenvalue weighted by Gasteiger charge is -2.07. The maximum atomic E-state index is 12.5. The maximum absolute atomic E-state index is 12.5. The molecule has 1 heterocycles. The van der Waals surface area contributed by atoms with Crippen molar-refractivity contribution in [1.29, 1.82) is 0 Å². The number of esters is 1. The minimum Gasteiger partial charge on any atom is -0.460 e. The predicted octanol–water partition coefficient (Wildman–Crippen LogP) is 4.46. The Bertz CT molecular complexity index is 954. The van der Waals surface area contributed by atoms with Crippen molar-refractivity contribution in [3.8, 4) is 17.2 Å². The first-order chi connectivity index (χ1) is 12.1. The van der Waals surface area contributed by atoms with Crippen LogP contribution in [0.1, 0.15) is 25.8 Å². The van der Waals surface area contributed by atoms with Crippen molar-refractivity contribution < 1.29 is 18.7 Å². The lowest BCUT2D eigenvalue weighted by Crippen LogP contribution is -2.06. The van der Waals surface area contributed by atoms with E-state index in [0.717, 1.165) is 12.8 Å². The van der Waals surface area contributed by atoms with Crippen LogP contribution < -0.4 is 14.9 Å². The van der Waals surface area contributed by atoms with E-state index in [9.17, 15) is 9.59 Å². The van der Waals surface area contributed by atoms with Crippen LogP contribution in [0, 0.1) is 0 Å². The molecule has 0 saturated heterocycles. The van der Waals surface area contributed by atoms with Gasteiger partial charge in [0.25, 0.3) is 0 Å².